The Labute approximate surface area is 162 Å². The number of rotatable bonds is 6. The molecule has 6 nitrogen and oxygen atoms in total. The van der Waals surface area contributed by atoms with Crippen molar-refractivity contribution in [1.82, 2.24) is 15.0 Å². The molecule has 28 heavy (non-hydrogen) atoms. The van der Waals surface area contributed by atoms with E-state index in [9.17, 15) is 4.79 Å². The van der Waals surface area contributed by atoms with Gasteiger partial charge in [0.2, 0.25) is 0 Å². The molecular weight excluding hydrogens is 352 g/mol. The second-order valence-electron chi connectivity index (χ2n) is 6.18. The molecular formula is C22H18N4O2. The van der Waals surface area contributed by atoms with Gasteiger partial charge in [-0.25, -0.2) is 4.68 Å². The van der Waals surface area contributed by atoms with E-state index in [0.29, 0.717) is 18.0 Å². The highest BCUT2D eigenvalue weighted by Gasteiger charge is 2.12. The van der Waals surface area contributed by atoms with Crippen LogP contribution in [0.5, 0.6) is 11.5 Å². The van der Waals surface area contributed by atoms with Gasteiger partial charge in [0.05, 0.1) is 12.7 Å². The molecule has 4 aromatic rings. The molecule has 3 aromatic carbocycles. The van der Waals surface area contributed by atoms with Gasteiger partial charge >= 0.3 is 0 Å². The number of nitrogens with zero attached hydrogens (tertiary/aromatic N) is 3. The summed E-state index contributed by atoms with van der Waals surface area (Å²) in [6.45, 7) is 0.557. The second kappa shape index (κ2) is 8.18. The predicted molar refractivity (Wildman–Crippen MR) is 106 cm³/mol. The van der Waals surface area contributed by atoms with Gasteiger partial charge in [0, 0.05) is 11.8 Å². The van der Waals surface area contributed by atoms with Crippen LogP contribution in [0.1, 0.15) is 16.1 Å². The molecule has 4 rings (SSSR count). The average Bonchev–Trinajstić information content (AvgIpc) is 3.18. The minimum Gasteiger partial charge on any atom is -0.457 e. The van der Waals surface area contributed by atoms with E-state index in [1.165, 1.54) is 0 Å². The molecule has 138 valence electrons. The lowest BCUT2D eigenvalue weighted by atomic mass is 10.2. The largest absolute Gasteiger partial charge is 0.457 e. The number of anilines is 1. The highest BCUT2D eigenvalue weighted by atomic mass is 16.5. The first-order chi connectivity index (χ1) is 13.8. The van der Waals surface area contributed by atoms with Crippen LogP contribution in [0.4, 0.5) is 5.69 Å². The van der Waals surface area contributed by atoms with Crippen LogP contribution in [0, 0.1) is 0 Å². The zero-order valence-electron chi connectivity index (χ0n) is 15.0. The number of amides is 1. The fourth-order valence-corrected chi connectivity index (χ4v) is 2.71. The number of ether oxygens (including phenoxy) is 1. The highest BCUT2D eigenvalue weighted by Crippen LogP contribution is 2.24. The molecule has 0 aliphatic rings. The molecule has 0 saturated carbocycles. The van der Waals surface area contributed by atoms with E-state index in [1.54, 1.807) is 23.0 Å². The van der Waals surface area contributed by atoms with Gasteiger partial charge in [-0.3, -0.25) is 4.79 Å². The summed E-state index contributed by atoms with van der Waals surface area (Å²) in [6.07, 6.45) is 1.63. The number of hydrogen-bond acceptors (Lipinski definition) is 4. The summed E-state index contributed by atoms with van der Waals surface area (Å²) in [5, 5.41) is 10.8. The standard InChI is InChI=1S/C22H18N4O2/c27-22(21-16-26(25-24-21)15-17-8-3-1-4-9-17)23-18-10-7-13-20(14-18)28-19-11-5-2-6-12-19/h1-14,16H,15H2,(H,23,27). The Morgan fingerprint density at radius 2 is 1.61 bits per heavy atom. The van der Waals surface area contributed by atoms with Crippen molar-refractivity contribution in [1.29, 1.82) is 0 Å². The molecule has 0 unspecified atom stereocenters. The van der Waals surface area contributed by atoms with Crippen molar-refractivity contribution in [2.24, 2.45) is 0 Å². The van der Waals surface area contributed by atoms with E-state index < -0.39 is 0 Å². The number of para-hydroxylation sites is 1. The molecule has 0 radical (unpaired) electrons. The van der Waals surface area contributed by atoms with Crippen LogP contribution in [0.2, 0.25) is 0 Å². The normalized spacial score (nSPS) is 10.4. The van der Waals surface area contributed by atoms with Crippen molar-refractivity contribution in [3.63, 3.8) is 0 Å². The Hall–Kier alpha value is -3.93. The van der Waals surface area contributed by atoms with Gasteiger partial charge in [-0.15, -0.1) is 5.10 Å². The number of aromatic nitrogens is 3. The minimum atomic E-state index is -0.323. The summed E-state index contributed by atoms with van der Waals surface area (Å²) in [5.41, 5.74) is 1.96. The summed E-state index contributed by atoms with van der Waals surface area (Å²) in [7, 11) is 0. The van der Waals surface area contributed by atoms with Crippen LogP contribution in [0.25, 0.3) is 0 Å². The molecule has 0 bridgehead atoms. The maximum absolute atomic E-state index is 12.5. The Morgan fingerprint density at radius 3 is 2.39 bits per heavy atom. The average molecular weight is 370 g/mol. The molecule has 0 aliphatic carbocycles. The quantitative estimate of drug-likeness (QED) is 0.547. The lowest BCUT2D eigenvalue weighted by Gasteiger charge is -2.08. The smallest absolute Gasteiger partial charge is 0.277 e. The zero-order valence-corrected chi connectivity index (χ0v) is 15.0. The molecule has 0 fully saturated rings. The summed E-state index contributed by atoms with van der Waals surface area (Å²) in [6, 6.07) is 26.6. The number of carbonyl (C=O) groups is 1. The molecule has 1 amide bonds. The Morgan fingerprint density at radius 1 is 0.893 bits per heavy atom. The summed E-state index contributed by atoms with van der Waals surface area (Å²) in [5.74, 6) is 1.04. The van der Waals surface area contributed by atoms with Gasteiger partial charge in [-0.05, 0) is 29.8 Å². The van der Waals surface area contributed by atoms with Crippen LogP contribution in [0.15, 0.2) is 91.1 Å². The van der Waals surface area contributed by atoms with Gasteiger partial charge in [-0.1, -0.05) is 59.8 Å². The highest BCUT2D eigenvalue weighted by molar-refractivity contribution is 6.02. The summed E-state index contributed by atoms with van der Waals surface area (Å²) >= 11 is 0. The third-order valence-corrected chi connectivity index (χ3v) is 4.03. The first-order valence-corrected chi connectivity index (χ1v) is 8.85. The first kappa shape index (κ1) is 17.5. The number of carbonyl (C=O) groups excluding carboxylic acids is 1. The Bertz CT molecular complexity index is 1060. The summed E-state index contributed by atoms with van der Waals surface area (Å²) in [4.78, 5) is 12.5. The predicted octanol–water partition coefficient (Wildman–Crippen LogP) is 4.37. The van der Waals surface area contributed by atoms with Crippen molar-refractivity contribution in [2.45, 2.75) is 6.54 Å². The lowest BCUT2D eigenvalue weighted by molar-refractivity contribution is 0.102. The molecule has 6 heteroatoms. The van der Waals surface area contributed by atoms with E-state index in [4.69, 9.17) is 4.74 Å². The van der Waals surface area contributed by atoms with Gasteiger partial charge in [0.15, 0.2) is 5.69 Å². The van der Waals surface area contributed by atoms with E-state index in [-0.39, 0.29) is 11.6 Å². The maximum Gasteiger partial charge on any atom is 0.277 e. The Kier molecular flexibility index (Phi) is 5.11. The fourth-order valence-electron chi connectivity index (χ4n) is 2.71. The van der Waals surface area contributed by atoms with Gasteiger partial charge in [-0.2, -0.15) is 0 Å². The molecule has 0 atom stereocenters. The van der Waals surface area contributed by atoms with E-state index in [1.807, 2.05) is 72.8 Å². The summed E-state index contributed by atoms with van der Waals surface area (Å²) < 4.78 is 7.43. The minimum absolute atomic E-state index is 0.255. The molecule has 1 N–H and O–H groups in total. The van der Waals surface area contributed by atoms with Crippen molar-refractivity contribution in [3.8, 4) is 11.5 Å². The van der Waals surface area contributed by atoms with E-state index in [0.717, 1.165) is 11.3 Å². The first-order valence-electron chi connectivity index (χ1n) is 8.85. The molecule has 0 spiro atoms. The third-order valence-electron chi connectivity index (χ3n) is 4.03. The third kappa shape index (κ3) is 4.42. The van der Waals surface area contributed by atoms with Crippen molar-refractivity contribution in [2.75, 3.05) is 5.32 Å². The van der Waals surface area contributed by atoms with Gasteiger partial charge < -0.3 is 10.1 Å². The monoisotopic (exact) mass is 370 g/mol. The lowest BCUT2D eigenvalue weighted by Crippen LogP contribution is -2.12. The zero-order chi connectivity index (χ0) is 19.2. The topological polar surface area (TPSA) is 69.0 Å². The molecule has 0 aliphatic heterocycles. The Balaban J connectivity index is 1.42. The van der Waals surface area contributed by atoms with Crippen LogP contribution >= 0.6 is 0 Å². The van der Waals surface area contributed by atoms with E-state index >= 15 is 0 Å². The molecule has 0 saturated heterocycles. The van der Waals surface area contributed by atoms with Crippen molar-refractivity contribution >= 4 is 11.6 Å². The van der Waals surface area contributed by atoms with Gasteiger partial charge in [0.25, 0.3) is 5.91 Å². The molecule has 1 heterocycles. The maximum atomic E-state index is 12.5. The second-order valence-corrected chi connectivity index (χ2v) is 6.18. The fraction of sp³-hybridized carbons (Fsp3) is 0.0455. The number of hydrogen-bond donors (Lipinski definition) is 1. The van der Waals surface area contributed by atoms with Crippen molar-refractivity contribution < 1.29 is 9.53 Å². The van der Waals surface area contributed by atoms with Crippen LogP contribution in [-0.2, 0) is 6.54 Å². The SMILES string of the molecule is O=C(Nc1cccc(Oc2ccccc2)c1)c1cn(Cc2ccccc2)nn1. The molecule has 1 aromatic heterocycles. The van der Waals surface area contributed by atoms with E-state index in [2.05, 4.69) is 15.6 Å². The van der Waals surface area contributed by atoms with Crippen LogP contribution in [-0.4, -0.2) is 20.9 Å². The van der Waals surface area contributed by atoms with Gasteiger partial charge in [0.1, 0.15) is 11.5 Å². The van der Waals surface area contributed by atoms with Crippen molar-refractivity contribution in [3.05, 3.63) is 102 Å². The number of nitrogens with one attached hydrogen (secondary N) is 1. The number of benzene rings is 3. The van der Waals surface area contributed by atoms with Crippen LogP contribution in [0.3, 0.4) is 0 Å². The van der Waals surface area contributed by atoms with Crippen LogP contribution < -0.4 is 10.1 Å².